The summed E-state index contributed by atoms with van der Waals surface area (Å²) >= 11 is 0. The molecule has 108 valence electrons. The molecular formula is C15H27N3O. The first-order chi connectivity index (χ1) is 8.89. The number of ether oxygens (including phenoxy) is 1. The molecule has 1 N–H and O–H groups in total. The molecule has 1 rings (SSSR count). The van der Waals surface area contributed by atoms with Crippen LogP contribution in [0.4, 0.5) is 0 Å². The lowest BCUT2D eigenvalue weighted by molar-refractivity contribution is 0.412. The van der Waals surface area contributed by atoms with E-state index in [9.17, 15) is 0 Å². The number of allylic oxidation sites excluding steroid dienone is 1. The summed E-state index contributed by atoms with van der Waals surface area (Å²) in [7, 11) is 1.69. The molecule has 0 unspecified atom stereocenters. The Bertz CT molecular complexity index is 406. The molecular weight excluding hydrogens is 238 g/mol. The SMILES string of the molecule is CCn1ncc(OC)c1C(C)=CCCNC(C)(C)C. The van der Waals surface area contributed by atoms with Crippen molar-refractivity contribution in [1.29, 1.82) is 0 Å². The smallest absolute Gasteiger partial charge is 0.164 e. The zero-order valence-electron chi connectivity index (χ0n) is 13.1. The van der Waals surface area contributed by atoms with Gasteiger partial charge in [-0.2, -0.15) is 5.10 Å². The van der Waals surface area contributed by atoms with Crippen molar-refractivity contribution in [3.05, 3.63) is 18.0 Å². The van der Waals surface area contributed by atoms with E-state index >= 15 is 0 Å². The topological polar surface area (TPSA) is 39.1 Å². The third-order valence-corrected chi connectivity index (χ3v) is 2.95. The highest BCUT2D eigenvalue weighted by molar-refractivity contribution is 5.65. The van der Waals surface area contributed by atoms with E-state index in [1.807, 2.05) is 4.68 Å². The fourth-order valence-electron chi connectivity index (χ4n) is 1.99. The Hall–Kier alpha value is -1.29. The molecule has 0 bridgehead atoms. The number of rotatable bonds is 6. The average Bonchev–Trinajstić information content (AvgIpc) is 2.76. The van der Waals surface area contributed by atoms with E-state index in [0.717, 1.165) is 31.0 Å². The summed E-state index contributed by atoms with van der Waals surface area (Å²) in [6.07, 6.45) is 5.02. The van der Waals surface area contributed by atoms with Crippen LogP contribution in [0.15, 0.2) is 12.3 Å². The van der Waals surface area contributed by atoms with Gasteiger partial charge < -0.3 is 10.1 Å². The summed E-state index contributed by atoms with van der Waals surface area (Å²) in [6.45, 7) is 12.6. The Morgan fingerprint density at radius 1 is 1.47 bits per heavy atom. The first-order valence-electron chi connectivity index (χ1n) is 6.91. The Labute approximate surface area is 116 Å². The quantitative estimate of drug-likeness (QED) is 0.803. The van der Waals surface area contributed by atoms with Crippen molar-refractivity contribution >= 4 is 5.57 Å². The van der Waals surface area contributed by atoms with E-state index in [2.05, 4.69) is 51.1 Å². The normalized spacial score (nSPS) is 12.8. The minimum Gasteiger partial charge on any atom is -0.493 e. The van der Waals surface area contributed by atoms with Crippen LogP contribution >= 0.6 is 0 Å². The van der Waals surface area contributed by atoms with E-state index in [4.69, 9.17) is 4.74 Å². The van der Waals surface area contributed by atoms with Crippen LogP contribution in [-0.4, -0.2) is 29.0 Å². The molecule has 0 fully saturated rings. The van der Waals surface area contributed by atoms with Crippen LogP contribution in [-0.2, 0) is 6.54 Å². The monoisotopic (exact) mass is 265 g/mol. The van der Waals surface area contributed by atoms with E-state index in [0.29, 0.717) is 0 Å². The van der Waals surface area contributed by atoms with E-state index in [1.54, 1.807) is 13.3 Å². The lowest BCUT2D eigenvalue weighted by Gasteiger charge is -2.19. The van der Waals surface area contributed by atoms with E-state index in [-0.39, 0.29) is 5.54 Å². The zero-order chi connectivity index (χ0) is 14.5. The van der Waals surface area contributed by atoms with Crippen molar-refractivity contribution in [2.24, 2.45) is 0 Å². The second-order valence-electron chi connectivity index (χ2n) is 5.73. The number of nitrogens with zero attached hydrogens (tertiary/aromatic N) is 2. The maximum Gasteiger partial charge on any atom is 0.164 e. The van der Waals surface area contributed by atoms with Crippen LogP contribution < -0.4 is 10.1 Å². The number of aryl methyl sites for hydroxylation is 1. The summed E-state index contributed by atoms with van der Waals surface area (Å²) in [5.74, 6) is 0.847. The molecule has 1 heterocycles. The van der Waals surface area contributed by atoms with Crippen molar-refractivity contribution in [3.8, 4) is 5.75 Å². The van der Waals surface area contributed by atoms with Crippen LogP contribution in [0, 0.1) is 0 Å². The van der Waals surface area contributed by atoms with Crippen molar-refractivity contribution < 1.29 is 4.74 Å². The second kappa shape index (κ2) is 6.75. The van der Waals surface area contributed by atoms with Gasteiger partial charge in [0.15, 0.2) is 5.75 Å². The number of aromatic nitrogens is 2. The zero-order valence-corrected chi connectivity index (χ0v) is 13.1. The molecule has 4 heteroatoms. The van der Waals surface area contributed by atoms with Crippen LogP contribution in [0.25, 0.3) is 5.57 Å². The molecule has 0 aliphatic carbocycles. The molecule has 0 saturated heterocycles. The van der Waals surface area contributed by atoms with Gasteiger partial charge in [-0.05, 0) is 53.2 Å². The van der Waals surface area contributed by atoms with Gasteiger partial charge in [0.25, 0.3) is 0 Å². The summed E-state index contributed by atoms with van der Waals surface area (Å²) in [6, 6.07) is 0. The number of methoxy groups -OCH3 is 1. The molecule has 0 atom stereocenters. The van der Waals surface area contributed by atoms with Gasteiger partial charge in [-0.1, -0.05) is 6.08 Å². The maximum atomic E-state index is 5.37. The van der Waals surface area contributed by atoms with Crippen molar-refractivity contribution in [3.63, 3.8) is 0 Å². The number of nitrogens with one attached hydrogen (secondary N) is 1. The lowest BCUT2D eigenvalue weighted by Crippen LogP contribution is -2.36. The third-order valence-electron chi connectivity index (χ3n) is 2.95. The van der Waals surface area contributed by atoms with Gasteiger partial charge in [-0.15, -0.1) is 0 Å². The standard InChI is InChI=1S/C15H27N3O/c1-7-18-14(13(19-6)11-17-18)12(2)9-8-10-16-15(3,4)5/h9,11,16H,7-8,10H2,1-6H3. The second-order valence-corrected chi connectivity index (χ2v) is 5.73. The molecule has 0 aliphatic rings. The van der Waals surface area contributed by atoms with Gasteiger partial charge >= 0.3 is 0 Å². The van der Waals surface area contributed by atoms with Gasteiger partial charge in [-0.3, -0.25) is 4.68 Å². The molecule has 0 radical (unpaired) electrons. The van der Waals surface area contributed by atoms with Crippen LogP contribution in [0.1, 0.15) is 46.7 Å². The first-order valence-corrected chi connectivity index (χ1v) is 6.91. The summed E-state index contributed by atoms with van der Waals surface area (Å²) in [5, 5.41) is 7.81. The van der Waals surface area contributed by atoms with Gasteiger partial charge in [0.1, 0.15) is 5.69 Å². The Balaban J connectivity index is 2.71. The Morgan fingerprint density at radius 2 is 2.16 bits per heavy atom. The van der Waals surface area contributed by atoms with Gasteiger partial charge in [0, 0.05) is 12.1 Å². The van der Waals surface area contributed by atoms with E-state index < -0.39 is 0 Å². The highest BCUT2D eigenvalue weighted by Gasteiger charge is 2.12. The van der Waals surface area contributed by atoms with Gasteiger partial charge in [0.2, 0.25) is 0 Å². The molecule has 0 aliphatic heterocycles. The average molecular weight is 265 g/mol. The molecule has 0 saturated carbocycles. The summed E-state index contributed by atoms with van der Waals surface area (Å²) < 4.78 is 7.34. The molecule has 0 spiro atoms. The van der Waals surface area contributed by atoms with Crippen LogP contribution in [0.5, 0.6) is 5.75 Å². The summed E-state index contributed by atoms with van der Waals surface area (Å²) in [5.41, 5.74) is 2.47. The molecule has 19 heavy (non-hydrogen) atoms. The van der Waals surface area contributed by atoms with Crippen LogP contribution in [0.3, 0.4) is 0 Å². The van der Waals surface area contributed by atoms with E-state index in [1.165, 1.54) is 5.57 Å². The molecule has 4 nitrogen and oxygen atoms in total. The first kappa shape index (κ1) is 15.8. The Kier molecular flexibility index (Phi) is 5.60. The molecule has 0 amide bonds. The minimum absolute atomic E-state index is 0.171. The van der Waals surface area contributed by atoms with Crippen molar-refractivity contribution in [2.45, 2.75) is 53.1 Å². The van der Waals surface area contributed by atoms with Gasteiger partial charge in [0.05, 0.1) is 13.3 Å². The maximum absolute atomic E-state index is 5.37. The number of hydrogen-bond donors (Lipinski definition) is 1. The highest BCUT2D eigenvalue weighted by Crippen LogP contribution is 2.25. The van der Waals surface area contributed by atoms with Crippen LogP contribution in [0.2, 0.25) is 0 Å². The predicted octanol–water partition coefficient (Wildman–Crippen LogP) is 3.09. The molecule has 1 aromatic rings. The lowest BCUT2D eigenvalue weighted by atomic mass is 10.1. The summed E-state index contributed by atoms with van der Waals surface area (Å²) in [4.78, 5) is 0. The largest absolute Gasteiger partial charge is 0.493 e. The molecule has 0 aromatic carbocycles. The van der Waals surface area contributed by atoms with Gasteiger partial charge in [-0.25, -0.2) is 0 Å². The third kappa shape index (κ3) is 4.71. The van der Waals surface area contributed by atoms with Crippen molar-refractivity contribution in [2.75, 3.05) is 13.7 Å². The fraction of sp³-hybridized carbons (Fsp3) is 0.667. The predicted molar refractivity (Wildman–Crippen MR) is 80.5 cm³/mol. The Morgan fingerprint density at radius 3 is 2.68 bits per heavy atom. The number of hydrogen-bond acceptors (Lipinski definition) is 3. The van der Waals surface area contributed by atoms with Crippen molar-refractivity contribution in [1.82, 2.24) is 15.1 Å². The highest BCUT2D eigenvalue weighted by atomic mass is 16.5. The fourth-order valence-corrected chi connectivity index (χ4v) is 1.99. The minimum atomic E-state index is 0.171. The molecule has 1 aromatic heterocycles.